The highest BCUT2D eigenvalue weighted by atomic mass is 16.5. The molecule has 10 nitrogen and oxygen atoms in total. The molecule has 1 amide bonds. The van der Waals surface area contributed by atoms with Gasteiger partial charge in [-0.25, -0.2) is 0 Å². The lowest BCUT2D eigenvalue weighted by atomic mass is 10.0. The number of carbonyl (C=O) groups is 1. The lowest BCUT2D eigenvalue weighted by Gasteiger charge is -2.38. The molecule has 222 valence electrons. The van der Waals surface area contributed by atoms with Crippen molar-refractivity contribution in [1.82, 2.24) is 19.8 Å². The van der Waals surface area contributed by atoms with Crippen LogP contribution >= 0.6 is 0 Å². The van der Waals surface area contributed by atoms with Crippen LogP contribution in [-0.4, -0.2) is 102 Å². The van der Waals surface area contributed by atoms with E-state index >= 15 is 0 Å². The van der Waals surface area contributed by atoms with Gasteiger partial charge in [-0.3, -0.25) is 9.69 Å². The minimum absolute atomic E-state index is 0.0381. The van der Waals surface area contributed by atoms with Crippen LogP contribution in [0.15, 0.2) is 49.1 Å². The summed E-state index contributed by atoms with van der Waals surface area (Å²) >= 11 is 0. The monoisotopic (exact) mass is 572 g/mol. The molecular formula is C32H40N6O4. The summed E-state index contributed by atoms with van der Waals surface area (Å²) < 4.78 is 11.9. The van der Waals surface area contributed by atoms with E-state index < -0.39 is 0 Å². The molecule has 0 bridgehead atoms. The standard InChI is InChI=1S/C32H40N6O4/c1-4-30(40)36-13-15-37(16-14-36)31-27-10-12-38(29-18-24(39)17-23-7-5-6-8-26(23)29)21-28(27)33-32(34-31)42-22(2)19-35-11-9-25(20-35)41-3/h4-8,17-18,22,25,39H,1,9-16,19-21H2,2-3H3/t22-,25+/m1/s1. The highest BCUT2D eigenvalue weighted by molar-refractivity contribution is 5.95. The van der Waals surface area contributed by atoms with Gasteiger partial charge in [-0.2, -0.15) is 9.97 Å². The highest BCUT2D eigenvalue weighted by Crippen LogP contribution is 2.36. The zero-order chi connectivity index (χ0) is 29.2. The molecule has 3 aliphatic heterocycles. The van der Waals surface area contributed by atoms with Gasteiger partial charge in [0.1, 0.15) is 17.7 Å². The third kappa shape index (κ3) is 5.87. The molecule has 0 unspecified atom stereocenters. The summed E-state index contributed by atoms with van der Waals surface area (Å²) in [6, 6.07) is 12.2. The molecule has 3 aliphatic rings. The third-order valence-corrected chi connectivity index (χ3v) is 8.64. The largest absolute Gasteiger partial charge is 0.508 e. The number of ether oxygens (including phenoxy) is 2. The first-order chi connectivity index (χ1) is 20.4. The first kappa shape index (κ1) is 28.2. The first-order valence-corrected chi connectivity index (χ1v) is 14.9. The zero-order valence-electron chi connectivity index (χ0n) is 24.5. The van der Waals surface area contributed by atoms with Crippen molar-refractivity contribution in [2.24, 2.45) is 0 Å². The van der Waals surface area contributed by atoms with E-state index in [1.54, 1.807) is 13.2 Å². The van der Waals surface area contributed by atoms with E-state index in [2.05, 4.69) is 34.3 Å². The normalized spacial score (nSPS) is 20.0. The van der Waals surface area contributed by atoms with Gasteiger partial charge in [0.15, 0.2) is 0 Å². The van der Waals surface area contributed by atoms with E-state index in [4.69, 9.17) is 19.4 Å². The predicted molar refractivity (Wildman–Crippen MR) is 163 cm³/mol. The van der Waals surface area contributed by atoms with E-state index in [0.717, 1.165) is 72.6 Å². The van der Waals surface area contributed by atoms with Crippen LogP contribution in [-0.2, 0) is 22.5 Å². The molecule has 1 N–H and O–H groups in total. The maximum atomic E-state index is 12.2. The Kier molecular flexibility index (Phi) is 8.17. The van der Waals surface area contributed by atoms with Crippen LogP contribution in [0.2, 0.25) is 0 Å². The molecule has 3 aromatic rings. The Morgan fingerprint density at radius 3 is 2.69 bits per heavy atom. The van der Waals surface area contributed by atoms with E-state index in [9.17, 15) is 9.90 Å². The van der Waals surface area contributed by atoms with Crippen molar-refractivity contribution in [3.8, 4) is 11.8 Å². The molecule has 4 heterocycles. The fraction of sp³-hybridized carbons (Fsp3) is 0.469. The quantitative estimate of drug-likeness (QED) is 0.409. The average molecular weight is 573 g/mol. The maximum absolute atomic E-state index is 12.2. The molecule has 2 atom stereocenters. The molecule has 0 aliphatic carbocycles. The molecule has 10 heteroatoms. The second kappa shape index (κ2) is 12.1. The predicted octanol–water partition coefficient (Wildman–Crippen LogP) is 3.22. The van der Waals surface area contributed by atoms with E-state index in [1.165, 1.54) is 6.08 Å². The molecule has 2 aromatic carbocycles. The van der Waals surface area contributed by atoms with Crippen LogP contribution in [0.4, 0.5) is 11.5 Å². The number of nitrogens with zero attached hydrogens (tertiary/aromatic N) is 6. The van der Waals surface area contributed by atoms with Gasteiger partial charge in [0.25, 0.3) is 0 Å². The van der Waals surface area contributed by atoms with Gasteiger partial charge in [-0.05, 0) is 37.3 Å². The van der Waals surface area contributed by atoms with E-state index in [-0.39, 0.29) is 23.9 Å². The molecule has 0 spiro atoms. The molecule has 2 fully saturated rings. The molecule has 42 heavy (non-hydrogen) atoms. The van der Waals surface area contributed by atoms with Crippen molar-refractivity contribution >= 4 is 28.2 Å². The van der Waals surface area contributed by atoms with Crippen molar-refractivity contribution in [3.05, 3.63) is 60.3 Å². The minimum atomic E-state index is -0.0942. The number of hydrogen-bond donors (Lipinski definition) is 1. The van der Waals surface area contributed by atoms with Crippen LogP contribution in [0.3, 0.4) is 0 Å². The SMILES string of the molecule is C=CC(=O)N1CCN(c2nc(O[C@H](C)CN3CC[C@H](OC)C3)nc3c2CCN(c2cc(O)cc4ccccc24)C3)CC1. The van der Waals surface area contributed by atoms with Gasteiger partial charge in [0.2, 0.25) is 5.91 Å². The Bertz CT molecular complexity index is 1460. The Morgan fingerprint density at radius 1 is 1.12 bits per heavy atom. The summed E-state index contributed by atoms with van der Waals surface area (Å²) in [6.45, 7) is 12.3. The number of anilines is 2. The van der Waals surface area contributed by atoms with Crippen LogP contribution in [0.25, 0.3) is 10.8 Å². The summed E-state index contributed by atoms with van der Waals surface area (Å²) in [5, 5.41) is 12.6. The van der Waals surface area contributed by atoms with Gasteiger partial charge >= 0.3 is 6.01 Å². The Hall–Kier alpha value is -3.89. The van der Waals surface area contributed by atoms with Crippen LogP contribution in [0, 0.1) is 0 Å². The molecular weight excluding hydrogens is 532 g/mol. The van der Waals surface area contributed by atoms with E-state index in [0.29, 0.717) is 38.7 Å². The van der Waals surface area contributed by atoms with Gasteiger partial charge in [-0.15, -0.1) is 0 Å². The number of aromatic nitrogens is 2. The van der Waals surface area contributed by atoms with Crippen molar-refractivity contribution in [1.29, 1.82) is 0 Å². The zero-order valence-corrected chi connectivity index (χ0v) is 24.5. The van der Waals surface area contributed by atoms with Crippen LogP contribution < -0.4 is 14.5 Å². The molecule has 6 rings (SSSR count). The third-order valence-electron chi connectivity index (χ3n) is 8.64. The number of methoxy groups -OCH3 is 1. The summed E-state index contributed by atoms with van der Waals surface area (Å²) in [6.07, 6.45) is 3.35. The molecule has 2 saturated heterocycles. The van der Waals surface area contributed by atoms with Crippen molar-refractivity contribution in [2.45, 2.75) is 38.5 Å². The van der Waals surface area contributed by atoms with Gasteiger partial charge < -0.3 is 29.3 Å². The topological polar surface area (TPSA) is 94.5 Å². The number of hydrogen-bond acceptors (Lipinski definition) is 9. The van der Waals surface area contributed by atoms with Crippen LogP contribution in [0.1, 0.15) is 24.6 Å². The highest BCUT2D eigenvalue weighted by Gasteiger charge is 2.30. The Morgan fingerprint density at radius 2 is 1.93 bits per heavy atom. The van der Waals surface area contributed by atoms with Crippen molar-refractivity contribution < 1.29 is 19.4 Å². The smallest absolute Gasteiger partial charge is 0.318 e. The summed E-state index contributed by atoms with van der Waals surface area (Å²) in [5.41, 5.74) is 3.05. The summed E-state index contributed by atoms with van der Waals surface area (Å²) in [4.78, 5) is 30.9. The molecule has 0 radical (unpaired) electrons. The number of piperazine rings is 1. The minimum Gasteiger partial charge on any atom is -0.508 e. The lowest BCUT2D eigenvalue weighted by molar-refractivity contribution is -0.126. The Labute approximate surface area is 247 Å². The fourth-order valence-electron chi connectivity index (χ4n) is 6.45. The van der Waals surface area contributed by atoms with Gasteiger partial charge in [-0.1, -0.05) is 30.8 Å². The van der Waals surface area contributed by atoms with Crippen molar-refractivity contribution in [2.75, 3.05) is 69.3 Å². The Balaban J connectivity index is 1.28. The number of phenols is 1. The first-order valence-electron chi connectivity index (χ1n) is 14.9. The fourth-order valence-corrected chi connectivity index (χ4v) is 6.45. The number of rotatable bonds is 8. The van der Waals surface area contributed by atoms with E-state index in [1.807, 2.05) is 29.2 Å². The second-order valence-corrected chi connectivity index (χ2v) is 11.5. The number of fused-ring (bicyclic) bond motifs is 2. The number of amides is 1. The number of phenolic OH excluding ortho intramolecular Hbond substituents is 1. The van der Waals surface area contributed by atoms with Gasteiger partial charge in [0, 0.05) is 82.2 Å². The van der Waals surface area contributed by atoms with Crippen LogP contribution in [0.5, 0.6) is 11.8 Å². The average Bonchev–Trinajstić information content (AvgIpc) is 3.46. The van der Waals surface area contributed by atoms with Gasteiger partial charge in [0.05, 0.1) is 18.3 Å². The summed E-state index contributed by atoms with van der Waals surface area (Å²) in [7, 11) is 1.77. The molecule has 1 aromatic heterocycles. The molecule has 0 saturated carbocycles. The second-order valence-electron chi connectivity index (χ2n) is 11.5. The number of likely N-dealkylation sites (tertiary alicyclic amines) is 1. The maximum Gasteiger partial charge on any atom is 0.318 e. The number of aromatic hydroxyl groups is 1. The summed E-state index contributed by atoms with van der Waals surface area (Å²) in [5.74, 6) is 1.11. The van der Waals surface area contributed by atoms with Crippen molar-refractivity contribution in [3.63, 3.8) is 0 Å². The number of carbonyl (C=O) groups excluding carboxylic acids is 1. The lowest BCUT2D eigenvalue weighted by Crippen LogP contribution is -2.49. The number of benzene rings is 2.